The van der Waals surface area contributed by atoms with Crippen LogP contribution in [0.2, 0.25) is 0 Å². The van der Waals surface area contributed by atoms with Crippen molar-refractivity contribution in [2.24, 2.45) is 4.99 Å². The summed E-state index contributed by atoms with van der Waals surface area (Å²) in [6, 6.07) is 19.9. The van der Waals surface area contributed by atoms with E-state index < -0.39 is 0 Å². The molecule has 0 bridgehead atoms. The van der Waals surface area contributed by atoms with Gasteiger partial charge in [-0.05, 0) is 59.9 Å². The van der Waals surface area contributed by atoms with E-state index in [0.29, 0.717) is 11.5 Å². The Balaban J connectivity index is 1.92. The van der Waals surface area contributed by atoms with Gasteiger partial charge in [0.1, 0.15) is 23.0 Å². The Kier molecular flexibility index (Phi) is 5.34. The summed E-state index contributed by atoms with van der Waals surface area (Å²) < 4.78 is 0. The van der Waals surface area contributed by atoms with Gasteiger partial charge in [0.25, 0.3) is 5.91 Å². The fraction of sp³-hybridized carbons (Fsp3) is 0.154. The summed E-state index contributed by atoms with van der Waals surface area (Å²) in [4.78, 5) is 19.2. The van der Waals surface area contributed by atoms with Gasteiger partial charge in [-0.25, -0.2) is 0 Å². The van der Waals surface area contributed by atoms with Crippen molar-refractivity contribution in [3.8, 4) is 11.5 Å². The van der Waals surface area contributed by atoms with Crippen LogP contribution in [0.3, 0.4) is 0 Å². The summed E-state index contributed by atoms with van der Waals surface area (Å²) in [6.07, 6.45) is 1.77. The van der Waals surface area contributed by atoms with E-state index in [1.54, 1.807) is 36.4 Å². The molecule has 0 aromatic heterocycles. The standard InChI is InChI=1S/C26H24N2O3/c1-16(2)21-15-22(17(3)13-24(21)30)28-23(14-18-9-11-20(29)12-10-18)26(31)27-25(28)19-7-5-4-6-8-19/h4-16,29-30H,1-3H3/b23-14-. The molecule has 1 aliphatic heterocycles. The third-order valence-electron chi connectivity index (χ3n) is 5.32. The van der Waals surface area contributed by atoms with E-state index in [-0.39, 0.29) is 23.3 Å². The number of carbonyl (C=O) groups is 1. The van der Waals surface area contributed by atoms with Crippen LogP contribution in [0.15, 0.2) is 77.4 Å². The number of carbonyl (C=O) groups excluding carboxylic acids is 1. The molecule has 1 amide bonds. The Morgan fingerprint density at radius 3 is 2.29 bits per heavy atom. The zero-order chi connectivity index (χ0) is 22.1. The van der Waals surface area contributed by atoms with Gasteiger partial charge in [-0.3, -0.25) is 9.69 Å². The van der Waals surface area contributed by atoms with Crippen LogP contribution in [0.25, 0.3) is 6.08 Å². The van der Waals surface area contributed by atoms with Crippen molar-refractivity contribution in [2.75, 3.05) is 4.90 Å². The lowest BCUT2D eigenvalue weighted by Gasteiger charge is -2.25. The first-order valence-corrected chi connectivity index (χ1v) is 10.2. The molecule has 0 radical (unpaired) electrons. The zero-order valence-corrected chi connectivity index (χ0v) is 17.7. The van der Waals surface area contributed by atoms with E-state index in [1.165, 1.54) is 0 Å². The molecule has 0 aliphatic carbocycles. The SMILES string of the molecule is Cc1cc(O)c(C(C)C)cc1N1C(c2ccccc2)=NC(=O)/C1=C/c1ccc(O)cc1. The number of benzene rings is 3. The molecule has 0 spiro atoms. The van der Waals surface area contributed by atoms with Gasteiger partial charge >= 0.3 is 0 Å². The number of nitrogens with zero attached hydrogens (tertiary/aromatic N) is 2. The number of hydrogen-bond acceptors (Lipinski definition) is 4. The number of aromatic hydroxyl groups is 2. The molecule has 3 aromatic carbocycles. The predicted octanol–water partition coefficient (Wildman–Crippen LogP) is 5.36. The first-order chi connectivity index (χ1) is 14.8. The van der Waals surface area contributed by atoms with Crippen LogP contribution < -0.4 is 4.90 Å². The molecular weight excluding hydrogens is 388 g/mol. The maximum atomic E-state index is 13.0. The smallest absolute Gasteiger partial charge is 0.296 e. The van der Waals surface area contributed by atoms with Crippen molar-refractivity contribution in [3.63, 3.8) is 0 Å². The molecule has 1 heterocycles. The van der Waals surface area contributed by atoms with E-state index in [2.05, 4.69) is 4.99 Å². The second-order valence-electron chi connectivity index (χ2n) is 7.92. The molecule has 1 aliphatic rings. The molecule has 0 saturated carbocycles. The summed E-state index contributed by atoms with van der Waals surface area (Å²) in [5, 5.41) is 20.0. The number of phenolic OH excluding ortho intramolecular Hbond substituents is 2. The zero-order valence-electron chi connectivity index (χ0n) is 17.7. The van der Waals surface area contributed by atoms with Crippen LogP contribution in [0.1, 0.15) is 42.0 Å². The second kappa shape index (κ2) is 8.11. The van der Waals surface area contributed by atoms with Crippen LogP contribution in [0.4, 0.5) is 5.69 Å². The average molecular weight is 412 g/mol. The molecule has 5 nitrogen and oxygen atoms in total. The molecule has 31 heavy (non-hydrogen) atoms. The fourth-order valence-corrected chi connectivity index (χ4v) is 3.69. The van der Waals surface area contributed by atoms with Crippen molar-refractivity contribution in [2.45, 2.75) is 26.7 Å². The first kappa shape index (κ1) is 20.4. The molecular formula is C26H24N2O3. The van der Waals surface area contributed by atoms with Crippen LogP contribution in [-0.4, -0.2) is 22.0 Å². The van der Waals surface area contributed by atoms with Crippen molar-refractivity contribution < 1.29 is 15.0 Å². The van der Waals surface area contributed by atoms with Gasteiger partial charge in [-0.1, -0.05) is 56.3 Å². The molecule has 0 fully saturated rings. The third kappa shape index (κ3) is 3.94. The number of amides is 1. The molecule has 5 heteroatoms. The highest BCUT2D eigenvalue weighted by molar-refractivity contribution is 6.28. The Hall–Kier alpha value is -3.86. The average Bonchev–Trinajstić information content (AvgIpc) is 3.06. The summed E-state index contributed by atoms with van der Waals surface area (Å²) >= 11 is 0. The molecule has 0 unspecified atom stereocenters. The third-order valence-corrected chi connectivity index (χ3v) is 5.32. The number of rotatable bonds is 4. The highest BCUT2D eigenvalue weighted by Gasteiger charge is 2.33. The number of phenols is 2. The van der Waals surface area contributed by atoms with Crippen LogP contribution >= 0.6 is 0 Å². The van der Waals surface area contributed by atoms with Gasteiger partial charge in [-0.2, -0.15) is 4.99 Å². The summed E-state index contributed by atoms with van der Waals surface area (Å²) in [5.74, 6) is 0.710. The number of anilines is 1. The number of amidine groups is 1. The minimum atomic E-state index is -0.342. The highest BCUT2D eigenvalue weighted by atomic mass is 16.3. The van der Waals surface area contributed by atoms with Crippen molar-refractivity contribution >= 4 is 23.5 Å². The minimum absolute atomic E-state index is 0.110. The molecule has 156 valence electrons. The van der Waals surface area contributed by atoms with Crippen molar-refractivity contribution in [1.82, 2.24) is 0 Å². The lowest BCUT2D eigenvalue weighted by molar-refractivity contribution is -0.113. The quantitative estimate of drug-likeness (QED) is 0.566. The van der Waals surface area contributed by atoms with Gasteiger partial charge in [0.15, 0.2) is 0 Å². The maximum Gasteiger partial charge on any atom is 0.296 e. The lowest BCUT2D eigenvalue weighted by Crippen LogP contribution is -2.28. The van der Waals surface area contributed by atoms with Gasteiger partial charge in [0.05, 0.1) is 5.69 Å². The monoisotopic (exact) mass is 412 g/mol. The Bertz CT molecular complexity index is 1190. The predicted molar refractivity (Wildman–Crippen MR) is 123 cm³/mol. The van der Waals surface area contributed by atoms with Gasteiger partial charge in [0, 0.05) is 5.56 Å². The van der Waals surface area contributed by atoms with E-state index in [0.717, 1.165) is 27.9 Å². The first-order valence-electron chi connectivity index (χ1n) is 10.2. The number of aliphatic imine (C=N–C) groups is 1. The maximum absolute atomic E-state index is 13.0. The van der Waals surface area contributed by atoms with Crippen molar-refractivity contribution in [1.29, 1.82) is 0 Å². The topological polar surface area (TPSA) is 73.1 Å². The fourth-order valence-electron chi connectivity index (χ4n) is 3.69. The van der Waals surface area contributed by atoms with Crippen LogP contribution in [-0.2, 0) is 4.79 Å². The Morgan fingerprint density at radius 1 is 0.968 bits per heavy atom. The normalized spacial score (nSPS) is 15.1. The largest absolute Gasteiger partial charge is 0.508 e. The van der Waals surface area contributed by atoms with Gasteiger partial charge in [0.2, 0.25) is 0 Å². The highest BCUT2D eigenvalue weighted by Crippen LogP contribution is 2.37. The summed E-state index contributed by atoms with van der Waals surface area (Å²) in [5.41, 5.74) is 4.43. The van der Waals surface area contributed by atoms with Gasteiger partial charge in [-0.15, -0.1) is 0 Å². The van der Waals surface area contributed by atoms with Crippen LogP contribution in [0.5, 0.6) is 11.5 Å². The lowest BCUT2D eigenvalue weighted by atomic mass is 9.98. The van der Waals surface area contributed by atoms with Crippen molar-refractivity contribution in [3.05, 3.63) is 94.7 Å². The number of hydrogen-bond donors (Lipinski definition) is 2. The Morgan fingerprint density at radius 2 is 1.65 bits per heavy atom. The molecule has 4 rings (SSSR count). The van der Waals surface area contributed by atoms with Crippen LogP contribution in [0, 0.1) is 6.92 Å². The summed E-state index contributed by atoms with van der Waals surface area (Å²) in [6.45, 7) is 5.94. The molecule has 3 aromatic rings. The molecule has 0 atom stereocenters. The summed E-state index contributed by atoms with van der Waals surface area (Å²) in [7, 11) is 0. The van der Waals surface area contributed by atoms with E-state index in [1.807, 2.05) is 62.1 Å². The molecule has 0 saturated heterocycles. The Labute approximate surface area is 181 Å². The van der Waals surface area contributed by atoms with E-state index >= 15 is 0 Å². The second-order valence-corrected chi connectivity index (χ2v) is 7.92. The van der Waals surface area contributed by atoms with Gasteiger partial charge < -0.3 is 10.2 Å². The molecule has 2 N–H and O–H groups in total. The van der Waals surface area contributed by atoms with E-state index in [9.17, 15) is 15.0 Å². The minimum Gasteiger partial charge on any atom is -0.508 e. The van der Waals surface area contributed by atoms with E-state index in [4.69, 9.17) is 0 Å². The number of aryl methyl sites for hydroxylation is 1.